The van der Waals surface area contributed by atoms with Crippen molar-refractivity contribution >= 4 is 17.6 Å². The minimum atomic E-state index is -0.323. The highest BCUT2D eigenvalue weighted by Crippen LogP contribution is 2.41. The molecule has 1 heterocycles. The largest absolute Gasteiger partial charge is 0.465 e. The Labute approximate surface area is 118 Å². The molecule has 0 spiro atoms. The second-order valence-electron chi connectivity index (χ2n) is 5.71. The van der Waals surface area contributed by atoms with Gasteiger partial charge in [0.25, 0.3) is 0 Å². The highest BCUT2D eigenvalue weighted by Gasteiger charge is 2.42. The zero-order valence-corrected chi connectivity index (χ0v) is 11.9. The summed E-state index contributed by atoms with van der Waals surface area (Å²) in [5, 5.41) is 0. The first-order valence-corrected chi connectivity index (χ1v) is 7.15. The fourth-order valence-corrected chi connectivity index (χ4v) is 3.02. The molecule has 1 aliphatic heterocycles. The highest BCUT2D eigenvalue weighted by atomic mass is 16.5. The molecule has 1 aliphatic carbocycles. The standard InChI is InChI=1S/C16H19NO3/c1-10-9-13(10)15(18)17-8-4-6-11-12(16(19)20-2)5-3-7-14(11)17/h3,5,7,10,13H,4,6,8-9H2,1-2H3. The number of hydrogen-bond donors (Lipinski definition) is 0. The van der Waals surface area contributed by atoms with Gasteiger partial charge in [0.2, 0.25) is 5.91 Å². The quantitative estimate of drug-likeness (QED) is 0.777. The second-order valence-corrected chi connectivity index (χ2v) is 5.71. The van der Waals surface area contributed by atoms with Gasteiger partial charge in [-0.1, -0.05) is 13.0 Å². The lowest BCUT2D eigenvalue weighted by Crippen LogP contribution is -2.37. The van der Waals surface area contributed by atoms with Gasteiger partial charge >= 0.3 is 5.97 Å². The third kappa shape index (κ3) is 2.09. The Morgan fingerprint density at radius 1 is 1.35 bits per heavy atom. The van der Waals surface area contributed by atoms with Crippen LogP contribution in [-0.2, 0) is 16.0 Å². The van der Waals surface area contributed by atoms with Crippen LogP contribution >= 0.6 is 0 Å². The fourth-order valence-electron chi connectivity index (χ4n) is 3.02. The fraction of sp³-hybridized carbons (Fsp3) is 0.500. The summed E-state index contributed by atoms with van der Waals surface area (Å²) in [6.07, 6.45) is 2.71. The van der Waals surface area contributed by atoms with Crippen LogP contribution in [0, 0.1) is 11.8 Å². The molecular formula is C16H19NO3. The van der Waals surface area contributed by atoms with E-state index in [0.29, 0.717) is 11.5 Å². The van der Waals surface area contributed by atoms with Crippen LogP contribution in [-0.4, -0.2) is 25.5 Å². The Morgan fingerprint density at radius 2 is 2.10 bits per heavy atom. The van der Waals surface area contributed by atoms with E-state index in [0.717, 1.165) is 37.1 Å². The molecular weight excluding hydrogens is 254 g/mol. The number of amides is 1. The molecule has 4 heteroatoms. The predicted molar refractivity (Wildman–Crippen MR) is 75.7 cm³/mol. The van der Waals surface area contributed by atoms with E-state index in [1.54, 1.807) is 6.07 Å². The van der Waals surface area contributed by atoms with Crippen LogP contribution in [0.1, 0.15) is 35.7 Å². The molecule has 106 valence electrons. The summed E-state index contributed by atoms with van der Waals surface area (Å²) in [6.45, 7) is 2.86. The Hall–Kier alpha value is -1.84. The number of methoxy groups -OCH3 is 1. The average molecular weight is 273 g/mol. The monoisotopic (exact) mass is 273 g/mol. The van der Waals surface area contributed by atoms with Crippen molar-refractivity contribution < 1.29 is 14.3 Å². The molecule has 0 bridgehead atoms. The zero-order chi connectivity index (χ0) is 14.3. The Morgan fingerprint density at radius 3 is 2.75 bits per heavy atom. The summed E-state index contributed by atoms with van der Waals surface area (Å²) in [7, 11) is 1.39. The maximum absolute atomic E-state index is 12.5. The van der Waals surface area contributed by atoms with E-state index in [1.807, 2.05) is 17.0 Å². The lowest BCUT2D eigenvalue weighted by atomic mass is 9.96. The van der Waals surface area contributed by atoms with Crippen molar-refractivity contribution in [1.29, 1.82) is 0 Å². The van der Waals surface area contributed by atoms with Gasteiger partial charge in [0.1, 0.15) is 0 Å². The minimum absolute atomic E-state index is 0.169. The smallest absolute Gasteiger partial charge is 0.338 e. The van der Waals surface area contributed by atoms with E-state index in [4.69, 9.17) is 4.74 Å². The summed E-state index contributed by atoms with van der Waals surface area (Å²) in [6, 6.07) is 5.54. The molecule has 20 heavy (non-hydrogen) atoms. The van der Waals surface area contributed by atoms with Crippen molar-refractivity contribution in [3.63, 3.8) is 0 Å². The van der Waals surface area contributed by atoms with Crippen LogP contribution in [0.3, 0.4) is 0 Å². The van der Waals surface area contributed by atoms with Crippen molar-refractivity contribution in [1.82, 2.24) is 0 Å². The minimum Gasteiger partial charge on any atom is -0.465 e. The summed E-state index contributed by atoms with van der Waals surface area (Å²) >= 11 is 0. The third-order valence-electron chi connectivity index (χ3n) is 4.35. The van der Waals surface area contributed by atoms with Gasteiger partial charge in [0, 0.05) is 18.2 Å². The molecule has 2 aliphatic rings. The molecule has 4 nitrogen and oxygen atoms in total. The van der Waals surface area contributed by atoms with Crippen LogP contribution in [0.4, 0.5) is 5.69 Å². The molecule has 2 atom stereocenters. The Kier molecular flexibility index (Phi) is 3.24. The normalized spacial score (nSPS) is 24.0. The maximum atomic E-state index is 12.5. The molecule has 0 N–H and O–H groups in total. The van der Waals surface area contributed by atoms with Gasteiger partial charge in [0.05, 0.1) is 12.7 Å². The molecule has 1 saturated carbocycles. The van der Waals surface area contributed by atoms with Gasteiger partial charge < -0.3 is 9.64 Å². The van der Waals surface area contributed by atoms with Crippen LogP contribution in [0.5, 0.6) is 0 Å². The predicted octanol–water partition coefficient (Wildman–Crippen LogP) is 2.41. The van der Waals surface area contributed by atoms with Gasteiger partial charge in [-0.3, -0.25) is 4.79 Å². The molecule has 1 amide bonds. The molecule has 1 fully saturated rings. The molecule has 0 saturated heterocycles. The molecule has 0 aromatic heterocycles. The Bertz CT molecular complexity index is 567. The van der Waals surface area contributed by atoms with E-state index < -0.39 is 0 Å². The van der Waals surface area contributed by atoms with Crippen molar-refractivity contribution in [2.45, 2.75) is 26.2 Å². The van der Waals surface area contributed by atoms with Gasteiger partial charge in [-0.05, 0) is 42.9 Å². The lowest BCUT2D eigenvalue weighted by Gasteiger charge is -2.30. The number of esters is 1. The first kappa shape index (κ1) is 13.2. The van der Waals surface area contributed by atoms with Crippen molar-refractivity contribution in [3.05, 3.63) is 29.3 Å². The number of ether oxygens (including phenoxy) is 1. The molecule has 2 unspecified atom stereocenters. The molecule has 1 aromatic rings. The molecule has 1 aromatic carbocycles. The first-order chi connectivity index (χ1) is 9.63. The number of hydrogen-bond acceptors (Lipinski definition) is 3. The number of rotatable bonds is 2. The van der Waals surface area contributed by atoms with E-state index in [2.05, 4.69) is 6.92 Å². The molecule has 0 radical (unpaired) electrons. The lowest BCUT2D eigenvalue weighted by molar-refractivity contribution is -0.120. The second kappa shape index (κ2) is 4.93. The van der Waals surface area contributed by atoms with Crippen LogP contribution in [0.2, 0.25) is 0 Å². The van der Waals surface area contributed by atoms with Gasteiger partial charge in [-0.2, -0.15) is 0 Å². The van der Waals surface area contributed by atoms with Crippen LogP contribution in [0.25, 0.3) is 0 Å². The van der Waals surface area contributed by atoms with E-state index in [-0.39, 0.29) is 17.8 Å². The van der Waals surface area contributed by atoms with E-state index in [9.17, 15) is 9.59 Å². The van der Waals surface area contributed by atoms with Crippen LogP contribution in [0.15, 0.2) is 18.2 Å². The zero-order valence-electron chi connectivity index (χ0n) is 11.9. The van der Waals surface area contributed by atoms with E-state index in [1.165, 1.54) is 7.11 Å². The SMILES string of the molecule is COC(=O)c1cccc2c1CCCN2C(=O)C1CC1C. The average Bonchev–Trinajstić information content (AvgIpc) is 3.21. The summed E-state index contributed by atoms with van der Waals surface area (Å²) < 4.78 is 4.83. The third-order valence-corrected chi connectivity index (χ3v) is 4.35. The topological polar surface area (TPSA) is 46.6 Å². The summed E-state index contributed by atoms with van der Waals surface area (Å²) in [5.74, 6) is 0.552. The summed E-state index contributed by atoms with van der Waals surface area (Å²) in [4.78, 5) is 26.2. The number of carbonyl (C=O) groups is 2. The molecule has 3 rings (SSSR count). The number of anilines is 1. The first-order valence-electron chi connectivity index (χ1n) is 7.15. The highest BCUT2D eigenvalue weighted by molar-refractivity contribution is 6.00. The van der Waals surface area contributed by atoms with Crippen molar-refractivity contribution in [2.75, 3.05) is 18.6 Å². The van der Waals surface area contributed by atoms with Crippen LogP contribution < -0.4 is 4.90 Å². The van der Waals surface area contributed by atoms with Gasteiger partial charge in [-0.25, -0.2) is 4.79 Å². The van der Waals surface area contributed by atoms with Gasteiger partial charge in [0.15, 0.2) is 0 Å². The van der Waals surface area contributed by atoms with E-state index >= 15 is 0 Å². The number of carbonyl (C=O) groups excluding carboxylic acids is 2. The number of fused-ring (bicyclic) bond motifs is 1. The number of nitrogens with zero attached hydrogens (tertiary/aromatic N) is 1. The number of benzene rings is 1. The Balaban J connectivity index is 1.97. The maximum Gasteiger partial charge on any atom is 0.338 e. The van der Waals surface area contributed by atoms with Crippen molar-refractivity contribution in [3.8, 4) is 0 Å². The van der Waals surface area contributed by atoms with Gasteiger partial charge in [-0.15, -0.1) is 0 Å². The summed E-state index contributed by atoms with van der Waals surface area (Å²) in [5.41, 5.74) is 2.43. The van der Waals surface area contributed by atoms with Crippen molar-refractivity contribution in [2.24, 2.45) is 11.8 Å².